The molecule has 0 aromatic carbocycles. The van der Waals surface area contributed by atoms with Crippen LogP contribution in [-0.4, -0.2) is 25.0 Å². The Morgan fingerprint density at radius 2 is 0.853 bits per heavy atom. The zero-order valence-corrected chi connectivity index (χ0v) is 27.7. The minimum atomic E-state index is 0.733. The molecule has 0 aromatic heterocycles. The second kappa shape index (κ2) is 13.4. The van der Waals surface area contributed by atoms with Crippen LogP contribution in [0.15, 0.2) is 65.7 Å². The van der Waals surface area contributed by atoms with Crippen LogP contribution in [0.25, 0.3) is 0 Å². The SMILES string of the molecule is CSC1=C(SC)SC(=CC2=C(C#N)S/C(=C3/SC(C#N)=C(C=C4SC(SC)=C(SC)S4)S3)S2)S1. The topological polar surface area (TPSA) is 47.6 Å². The Morgan fingerprint density at radius 3 is 1.12 bits per heavy atom. The molecule has 34 heavy (non-hydrogen) atoms. The van der Waals surface area contributed by atoms with E-state index in [0.29, 0.717) is 0 Å². The van der Waals surface area contributed by atoms with E-state index in [-0.39, 0.29) is 0 Å². The van der Waals surface area contributed by atoms with Crippen LogP contribution in [0.5, 0.6) is 0 Å². The highest BCUT2D eigenvalue weighted by Gasteiger charge is 2.31. The summed E-state index contributed by atoms with van der Waals surface area (Å²) in [4.78, 5) is 3.46. The third-order valence-corrected chi connectivity index (χ3v) is 19.6. The molecule has 14 heteroatoms. The monoisotopic (exact) mass is 666 g/mol. The van der Waals surface area contributed by atoms with E-state index in [1.165, 1.54) is 48.9 Å². The van der Waals surface area contributed by atoms with Crippen molar-refractivity contribution >= 4 is 141 Å². The van der Waals surface area contributed by atoms with E-state index < -0.39 is 0 Å². The van der Waals surface area contributed by atoms with Crippen molar-refractivity contribution in [3.05, 3.63) is 65.7 Å². The van der Waals surface area contributed by atoms with Crippen molar-refractivity contribution in [1.82, 2.24) is 0 Å². The lowest BCUT2D eigenvalue weighted by Crippen LogP contribution is -1.72. The van der Waals surface area contributed by atoms with Crippen molar-refractivity contribution in [3.8, 4) is 12.1 Å². The van der Waals surface area contributed by atoms with E-state index in [1.54, 1.807) is 118 Å². The van der Waals surface area contributed by atoms with Crippen LogP contribution >= 0.6 is 141 Å². The molecule has 0 saturated carbocycles. The van der Waals surface area contributed by atoms with Gasteiger partial charge in [-0.05, 0) is 37.2 Å². The van der Waals surface area contributed by atoms with Gasteiger partial charge in [-0.3, -0.25) is 0 Å². The second-order valence-electron chi connectivity index (χ2n) is 5.89. The smallest absolute Gasteiger partial charge is 0.108 e. The lowest BCUT2D eigenvalue weighted by Gasteiger charge is -2.02. The number of allylic oxidation sites excluding steroid dienone is 4. The van der Waals surface area contributed by atoms with Gasteiger partial charge in [0.25, 0.3) is 0 Å². The van der Waals surface area contributed by atoms with Gasteiger partial charge in [-0.15, -0.1) is 47.0 Å². The first-order chi connectivity index (χ1) is 16.5. The summed E-state index contributed by atoms with van der Waals surface area (Å²) in [6, 6.07) is 4.77. The zero-order chi connectivity index (χ0) is 24.2. The fourth-order valence-corrected chi connectivity index (χ4v) is 17.7. The molecule has 0 aromatic rings. The molecule has 0 radical (unpaired) electrons. The lowest BCUT2D eigenvalue weighted by atomic mass is 10.5. The fraction of sp³-hybridized carbons (Fsp3) is 0.200. The molecule has 0 amide bonds. The average molecular weight is 667 g/mol. The van der Waals surface area contributed by atoms with Crippen LogP contribution in [0.2, 0.25) is 0 Å². The maximum Gasteiger partial charge on any atom is 0.108 e. The molecule has 0 saturated heterocycles. The van der Waals surface area contributed by atoms with Crippen molar-refractivity contribution in [2.45, 2.75) is 0 Å². The maximum atomic E-state index is 9.78. The molecule has 0 bridgehead atoms. The molecule has 0 unspecified atom stereocenters. The molecule has 0 fully saturated rings. The average Bonchev–Trinajstić information content (AvgIpc) is 3.63. The van der Waals surface area contributed by atoms with Gasteiger partial charge in [-0.1, -0.05) is 94.1 Å². The van der Waals surface area contributed by atoms with E-state index in [9.17, 15) is 10.5 Å². The van der Waals surface area contributed by atoms with E-state index in [0.717, 1.165) is 28.1 Å². The number of thioether (sulfide) groups is 12. The Labute approximate surface area is 251 Å². The number of hydrogen-bond acceptors (Lipinski definition) is 14. The van der Waals surface area contributed by atoms with Gasteiger partial charge < -0.3 is 0 Å². The summed E-state index contributed by atoms with van der Waals surface area (Å²) in [5.74, 6) is 0. The van der Waals surface area contributed by atoms with Gasteiger partial charge in [0, 0.05) is 9.81 Å². The molecule has 176 valence electrons. The van der Waals surface area contributed by atoms with Gasteiger partial charge in [0.05, 0.1) is 33.9 Å². The molecule has 0 N–H and O–H groups in total. The van der Waals surface area contributed by atoms with Crippen LogP contribution in [0.1, 0.15) is 0 Å². The van der Waals surface area contributed by atoms with Gasteiger partial charge in [0.15, 0.2) is 0 Å². The second-order valence-corrected chi connectivity index (χ2v) is 19.6. The van der Waals surface area contributed by atoms with Crippen molar-refractivity contribution in [2.24, 2.45) is 0 Å². The van der Waals surface area contributed by atoms with Gasteiger partial charge in [-0.2, -0.15) is 10.5 Å². The maximum absolute atomic E-state index is 9.78. The van der Waals surface area contributed by atoms with Crippen LogP contribution in [0.3, 0.4) is 0 Å². The van der Waals surface area contributed by atoms with Crippen molar-refractivity contribution in [1.29, 1.82) is 10.5 Å². The van der Waals surface area contributed by atoms with Crippen molar-refractivity contribution < 1.29 is 0 Å². The lowest BCUT2D eigenvalue weighted by molar-refractivity contribution is 1.52. The van der Waals surface area contributed by atoms with Gasteiger partial charge in [-0.25, -0.2) is 0 Å². The number of hydrogen-bond donors (Lipinski definition) is 0. The number of nitrogens with zero attached hydrogens (tertiary/aromatic N) is 2. The van der Waals surface area contributed by atoms with Crippen molar-refractivity contribution in [3.63, 3.8) is 0 Å². The first kappa shape index (κ1) is 28.4. The summed E-state index contributed by atoms with van der Waals surface area (Å²) < 4.78 is 9.90. The highest BCUT2D eigenvalue weighted by molar-refractivity contribution is 8.41. The summed E-state index contributed by atoms with van der Waals surface area (Å²) in [6.07, 6.45) is 12.7. The molecule has 4 heterocycles. The normalized spacial score (nSPS) is 23.0. The van der Waals surface area contributed by atoms with Crippen LogP contribution in [-0.2, 0) is 0 Å². The van der Waals surface area contributed by atoms with Crippen LogP contribution < -0.4 is 0 Å². The van der Waals surface area contributed by atoms with Gasteiger partial charge >= 0.3 is 0 Å². The molecule has 0 aliphatic carbocycles. The molecule has 0 atom stereocenters. The highest BCUT2D eigenvalue weighted by Crippen LogP contribution is 2.63. The van der Waals surface area contributed by atoms with Crippen LogP contribution in [0.4, 0.5) is 0 Å². The Bertz CT molecular complexity index is 1090. The summed E-state index contributed by atoms with van der Waals surface area (Å²) in [5, 5.41) is 19.6. The van der Waals surface area contributed by atoms with Crippen molar-refractivity contribution in [2.75, 3.05) is 25.0 Å². The van der Waals surface area contributed by atoms with Crippen LogP contribution in [0, 0.1) is 22.7 Å². The molecule has 0 spiro atoms. The molecule has 4 aliphatic rings. The molecular formula is C20H14N2S12. The van der Waals surface area contributed by atoms with E-state index in [1.807, 2.05) is 0 Å². The minimum absolute atomic E-state index is 0.733. The Kier molecular flexibility index (Phi) is 11.2. The van der Waals surface area contributed by atoms with Gasteiger partial charge in [0.2, 0.25) is 0 Å². The number of nitriles is 2. The quantitative estimate of drug-likeness (QED) is 0.270. The molecular weight excluding hydrogens is 653 g/mol. The Morgan fingerprint density at radius 1 is 0.529 bits per heavy atom. The molecule has 4 rings (SSSR count). The molecule has 2 nitrogen and oxygen atoms in total. The third kappa shape index (κ3) is 6.49. The highest BCUT2D eigenvalue weighted by atomic mass is 32.3. The fourth-order valence-electron chi connectivity index (χ4n) is 2.54. The molecule has 4 aliphatic heterocycles. The van der Waals surface area contributed by atoms with E-state index in [4.69, 9.17) is 0 Å². The standard InChI is InChI=1S/C20H14N2S12/c1-23-15-16(24-2)32-13(31-15)5-9-11(7-21)29-19(27-9)20-28-10(12(8-22)30-20)6-14-33-17(25-3)18(26-4)34-14/h5-6H,1-4H3/b20-19+. The number of rotatable bonds is 6. The first-order valence-corrected chi connectivity index (χ1v) is 20.5. The summed E-state index contributed by atoms with van der Waals surface area (Å²) >= 11 is 20.6. The summed E-state index contributed by atoms with van der Waals surface area (Å²) in [6.45, 7) is 0. The van der Waals surface area contributed by atoms with Gasteiger partial charge in [0.1, 0.15) is 21.9 Å². The summed E-state index contributed by atoms with van der Waals surface area (Å²) in [5.41, 5.74) is 0. The van der Waals surface area contributed by atoms with E-state index in [2.05, 4.69) is 49.3 Å². The first-order valence-electron chi connectivity index (χ1n) is 9.07. The minimum Gasteiger partial charge on any atom is -0.192 e. The Hall–Kier alpha value is 1.36. The largest absolute Gasteiger partial charge is 0.192 e. The zero-order valence-electron chi connectivity index (χ0n) is 17.9. The predicted molar refractivity (Wildman–Crippen MR) is 177 cm³/mol. The summed E-state index contributed by atoms with van der Waals surface area (Å²) in [7, 11) is 0. The van der Waals surface area contributed by atoms with E-state index >= 15 is 0 Å². The Balaban J connectivity index is 1.50. The predicted octanol–water partition coefficient (Wildman–Crippen LogP) is 10.9. The third-order valence-electron chi connectivity index (χ3n) is 3.96.